The number of hydrogen-bond donors (Lipinski definition) is 1. The first-order valence-electron chi connectivity index (χ1n) is 9.88. The molecule has 0 saturated heterocycles. The molecule has 0 bridgehead atoms. The highest BCUT2D eigenvalue weighted by Gasteiger charge is 2.23. The van der Waals surface area contributed by atoms with Gasteiger partial charge >= 0.3 is 0 Å². The maximum Gasteiger partial charge on any atom is 0.261 e. The molecular formula is C22H28N2O4S. The molecule has 6 nitrogen and oxygen atoms in total. The Labute approximate surface area is 172 Å². The van der Waals surface area contributed by atoms with Gasteiger partial charge in [0.05, 0.1) is 11.5 Å². The van der Waals surface area contributed by atoms with Crippen molar-refractivity contribution < 1.29 is 17.9 Å². The molecule has 0 aliphatic carbocycles. The van der Waals surface area contributed by atoms with Crippen molar-refractivity contribution in [2.75, 3.05) is 17.9 Å². The number of benzene rings is 2. The van der Waals surface area contributed by atoms with Crippen LogP contribution in [-0.2, 0) is 27.8 Å². The molecule has 0 atom stereocenters. The van der Waals surface area contributed by atoms with E-state index >= 15 is 0 Å². The van der Waals surface area contributed by atoms with Crippen LogP contribution < -0.4 is 9.46 Å². The van der Waals surface area contributed by atoms with Gasteiger partial charge in [0.1, 0.15) is 5.75 Å². The standard InChI is InChI=1S/C22H28N2O4S/c1-5-28-21-9-8-20(12-16(21)4)29(26,27)23-19-7-6-17-10-11-24(14-18(17)13-19)22(25)15(2)3/h6-9,12-13,15,23H,5,10-11,14H2,1-4H3. The molecule has 1 N–H and O–H groups in total. The number of nitrogens with zero attached hydrogens (tertiary/aromatic N) is 1. The first-order chi connectivity index (χ1) is 13.7. The molecular weight excluding hydrogens is 388 g/mol. The fourth-order valence-electron chi connectivity index (χ4n) is 3.49. The highest BCUT2D eigenvalue weighted by Crippen LogP contribution is 2.27. The van der Waals surface area contributed by atoms with Gasteiger partial charge in [-0.05, 0) is 67.3 Å². The first-order valence-corrected chi connectivity index (χ1v) is 11.4. The monoisotopic (exact) mass is 416 g/mol. The van der Waals surface area contributed by atoms with Gasteiger partial charge in [-0.15, -0.1) is 0 Å². The minimum absolute atomic E-state index is 0.0545. The normalized spacial score (nSPS) is 13.9. The fraction of sp³-hybridized carbons (Fsp3) is 0.409. The SMILES string of the molecule is CCOc1ccc(S(=O)(=O)Nc2ccc3c(c2)CN(C(=O)C(C)C)CC3)cc1C. The van der Waals surface area contributed by atoms with E-state index in [1.54, 1.807) is 24.3 Å². The third-order valence-electron chi connectivity index (χ3n) is 5.03. The third-order valence-corrected chi connectivity index (χ3v) is 6.41. The van der Waals surface area contributed by atoms with Gasteiger partial charge in [0, 0.05) is 24.7 Å². The van der Waals surface area contributed by atoms with Crippen LogP contribution in [0.15, 0.2) is 41.3 Å². The topological polar surface area (TPSA) is 75.7 Å². The molecule has 0 spiro atoms. The number of fused-ring (bicyclic) bond motifs is 1. The van der Waals surface area contributed by atoms with Gasteiger partial charge in [0.2, 0.25) is 5.91 Å². The Kier molecular flexibility index (Phi) is 6.17. The molecule has 0 aromatic heterocycles. The number of carbonyl (C=O) groups is 1. The van der Waals surface area contributed by atoms with Crippen LogP contribution in [0.5, 0.6) is 5.75 Å². The van der Waals surface area contributed by atoms with Crippen molar-refractivity contribution in [2.24, 2.45) is 5.92 Å². The Morgan fingerprint density at radius 3 is 2.59 bits per heavy atom. The molecule has 156 valence electrons. The molecule has 1 aliphatic heterocycles. The van der Waals surface area contributed by atoms with Crippen LogP contribution in [0.2, 0.25) is 0 Å². The molecule has 2 aromatic carbocycles. The van der Waals surface area contributed by atoms with Gasteiger partial charge < -0.3 is 9.64 Å². The van der Waals surface area contributed by atoms with E-state index in [0.29, 0.717) is 31.1 Å². The van der Waals surface area contributed by atoms with Crippen molar-refractivity contribution in [3.05, 3.63) is 53.1 Å². The van der Waals surface area contributed by atoms with E-state index in [1.807, 2.05) is 44.7 Å². The van der Waals surface area contributed by atoms with Crippen molar-refractivity contribution in [1.82, 2.24) is 4.90 Å². The van der Waals surface area contributed by atoms with E-state index in [4.69, 9.17) is 4.74 Å². The van der Waals surface area contributed by atoms with E-state index in [9.17, 15) is 13.2 Å². The zero-order valence-corrected chi connectivity index (χ0v) is 18.2. The van der Waals surface area contributed by atoms with Gasteiger partial charge in [0.15, 0.2) is 0 Å². The number of aryl methyl sites for hydroxylation is 1. The second-order valence-electron chi connectivity index (χ2n) is 7.61. The van der Waals surface area contributed by atoms with Crippen molar-refractivity contribution >= 4 is 21.6 Å². The summed E-state index contributed by atoms with van der Waals surface area (Å²) in [5, 5.41) is 0. The Balaban J connectivity index is 1.81. The number of ether oxygens (including phenoxy) is 1. The molecule has 1 heterocycles. The van der Waals surface area contributed by atoms with Gasteiger partial charge in [0.25, 0.3) is 10.0 Å². The number of amides is 1. The molecule has 1 aliphatic rings. The van der Waals surface area contributed by atoms with Crippen molar-refractivity contribution in [2.45, 2.75) is 45.6 Å². The van der Waals surface area contributed by atoms with Crippen LogP contribution in [0.25, 0.3) is 0 Å². The lowest BCUT2D eigenvalue weighted by molar-refractivity contribution is -0.135. The summed E-state index contributed by atoms with van der Waals surface area (Å²) in [5.41, 5.74) is 3.39. The smallest absolute Gasteiger partial charge is 0.261 e. The Morgan fingerprint density at radius 2 is 1.93 bits per heavy atom. The number of sulfonamides is 1. The molecule has 0 radical (unpaired) electrons. The minimum Gasteiger partial charge on any atom is -0.494 e. The van der Waals surface area contributed by atoms with E-state index in [0.717, 1.165) is 23.1 Å². The number of anilines is 1. The van der Waals surface area contributed by atoms with Crippen LogP contribution in [-0.4, -0.2) is 32.4 Å². The summed E-state index contributed by atoms with van der Waals surface area (Å²) in [7, 11) is -3.72. The lowest BCUT2D eigenvalue weighted by Crippen LogP contribution is -2.38. The Morgan fingerprint density at radius 1 is 1.17 bits per heavy atom. The highest BCUT2D eigenvalue weighted by atomic mass is 32.2. The van der Waals surface area contributed by atoms with Crippen LogP contribution >= 0.6 is 0 Å². The molecule has 1 amide bonds. The Hall–Kier alpha value is -2.54. The summed E-state index contributed by atoms with van der Waals surface area (Å²) in [6.07, 6.45) is 0.777. The van der Waals surface area contributed by atoms with Gasteiger partial charge in [-0.2, -0.15) is 0 Å². The summed E-state index contributed by atoms with van der Waals surface area (Å²) in [6.45, 7) is 9.21. The van der Waals surface area contributed by atoms with Crippen LogP contribution in [0.4, 0.5) is 5.69 Å². The zero-order chi connectivity index (χ0) is 21.2. The minimum atomic E-state index is -3.72. The predicted molar refractivity (Wildman–Crippen MR) is 114 cm³/mol. The summed E-state index contributed by atoms with van der Waals surface area (Å²) >= 11 is 0. The van der Waals surface area contributed by atoms with Crippen molar-refractivity contribution in [3.8, 4) is 5.75 Å². The largest absolute Gasteiger partial charge is 0.494 e. The van der Waals surface area contributed by atoms with Crippen LogP contribution in [0, 0.1) is 12.8 Å². The average molecular weight is 417 g/mol. The van der Waals surface area contributed by atoms with E-state index in [1.165, 1.54) is 0 Å². The highest BCUT2D eigenvalue weighted by molar-refractivity contribution is 7.92. The summed E-state index contributed by atoms with van der Waals surface area (Å²) < 4.78 is 33.8. The molecule has 0 unspecified atom stereocenters. The van der Waals surface area contributed by atoms with E-state index in [-0.39, 0.29) is 16.7 Å². The fourth-order valence-corrected chi connectivity index (χ4v) is 4.63. The maximum absolute atomic E-state index is 12.8. The summed E-state index contributed by atoms with van der Waals surface area (Å²) in [5.74, 6) is 0.739. The second kappa shape index (κ2) is 8.45. The van der Waals surface area contributed by atoms with Crippen molar-refractivity contribution in [1.29, 1.82) is 0 Å². The predicted octanol–water partition coefficient (Wildman–Crippen LogP) is 3.74. The molecule has 7 heteroatoms. The van der Waals surface area contributed by atoms with Gasteiger partial charge in [-0.1, -0.05) is 19.9 Å². The zero-order valence-electron chi connectivity index (χ0n) is 17.4. The number of carbonyl (C=O) groups excluding carboxylic acids is 1. The summed E-state index contributed by atoms with van der Waals surface area (Å²) in [6, 6.07) is 10.4. The molecule has 0 saturated carbocycles. The number of hydrogen-bond acceptors (Lipinski definition) is 4. The lowest BCUT2D eigenvalue weighted by Gasteiger charge is -2.30. The van der Waals surface area contributed by atoms with Gasteiger partial charge in [-0.3, -0.25) is 9.52 Å². The van der Waals surface area contributed by atoms with Crippen LogP contribution in [0.1, 0.15) is 37.5 Å². The maximum atomic E-state index is 12.8. The van der Waals surface area contributed by atoms with Crippen LogP contribution in [0.3, 0.4) is 0 Å². The Bertz CT molecular complexity index is 1020. The average Bonchev–Trinajstić information content (AvgIpc) is 2.68. The third kappa shape index (κ3) is 4.72. The molecule has 3 rings (SSSR count). The van der Waals surface area contributed by atoms with Gasteiger partial charge in [-0.25, -0.2) is 8.42 Å². The first kappa shape index (κ1) is 21.2. The quantitative estimate of drug-likeness (QED) is 0.778. The summed E-state index contributed by atoms with van der Waals surface area (Å²) in [4.78, 5) is 14.3. The lowest BCUT2D eigenvalue weighted by atomic mass is 9.98. The van der Waals surface area contributed by atoms with E-state index in [2.05, 4.69) is 4.72 Å². The number of rotatable bonds is 6. The second-order valence-corrected chi connectivity index (χ2v) is 9.30. The van der Waals surface area contributed by atoms with Crippen molar-refractivity contribution in [3.63, 3.8) is 0 Å². The molecule has 29 heavy (non-hydrogen) atoms. The number of nitrogens with one attached hydrogen (secondary N) is 1. The van der Waals surface area contributed by atoms with E-state index < -0.39 is 10.0 Å². The molecule has 2 aromatic rings. The molecule has 0 fully saturated rings.